The molecule has 0 aromatic carbocycles. The molecule has 1 aliphatic heterocycles. The number of nitrogens with two attached hydrogens (primary N) is 1. The molecular formula is C13H15ClF3N4O+. The van der Waals surface area contributed by atoms with Crippen LogP contribution in [-0.2, 0) is 11.0 Å². The number of piperidine rings is 1. The molecule has 1 amide bonds. The number of nitrogens with one attached hydrogen (secondary N) is 2. The number of aromatic nitrogens is 1. The first-order chi connectivity index (χ1) is 10.3. The van der Waals surface area contributed by atoms with E-state index in [-0.39, 0.29) is 10.9 Å². The molecule has 2 rings (SSSR count). The van der Waals surface area contributed by atoms with Gasteiger partial charge < -0.3 is 0 Å². The van der Waals surface area contributed by atoms with Crippen molar-refractivity contribution in [1.82, 2.24) is 5.43 Å². The number of carbonyl (C=O) groups excluding carboxylic acids is 1. The summed E-state index contributed by atoms with van der Waals surface area (Å²) >= 11 is 5.94. The van der Waals surface area contributed by atoms with Crippen LogP contribution in [0.5, 0.6) is 0 Å². The normalized spacial score (nSPS) is 15.7. The van der Waals surface area contributed by atoms with Crippen LogP contribution in [-0.4, -0.2) is 19.0 Å². The molecule has 5 nitrogen and oxygen atoms in total. The zero-order chi connectivity index (χ0) is 16.3. The van der Waals surface area contributed by atoms with E-state index in [1.54, 1.807) is 0 Å². The number of aromatic amines is 1. The maximum atomic E-state index is 12.6. The smallest absolute Gasteiger partial charge is 0.291 e. The van der Waals surface area contributed by atoms with Crippen molar-refractivity contribution in [2.24, 2.45) is 5.84 Å². The van der Waals surface area contributed by atoms with Crippen molar-refractivity contribution in [3.8, 4) is 0 Å². The Labute approximate surface area is 129 Å². The molecule has 1 aliphatic rings. The number of anilines is 1. The van der Waals surface area contributed by atoms with Crippen molar-refractivity contribution in [2.45, 2.75) is 19.0 Å². The van der Waals surface area contributed by atoms with E-state index in [1.165, 1.54) is 6.08 Å². The topological polar surface area (TPSA) is 72.5 Å². The Kier molecular flexibility index (Phi) is 4.92. The van der Waals surface area contributed by atoms with E-state index in [1.807, 2.05) is 10.3 Å². The number of alkyl halides is 3. The molecule has 120 valence electrons. The minimum absolute atomic E-state index is 0.0157. The predicted octanol–water partition coefficient (Wildman–Crippen LogP) is 1.69. The van der Waals surface area contributed by atoms with Crippen LogP contribution in [0.4, 0.5) is 19.0 Å². The Bertz CT molecular complexity index is 593. The standard InChI is InChI=1S/C13H14ClF3N4O/c14-10-6-9(13(15,16)17)7-19-12(10)21-3-1-8(2-4-21)5-11(22)20-18/h5-7H,1-4,18H2,(H,20,22)/p+1. The average Bonchev–Trinajstić information content (AvgIpc) is 2.47. The summed E-state index contributed by atoms with van der Waals surface area (Å²) in [6, 6.07) is 0.903. The van der Waals surface area contributed by atoms with Crippen molar-refractivity contribution >= 4 is 23.3 Å². The lowest BCUT2D eigenvalue weighted by Crippen LogP contribution is -2.36. The molecule has 0 unspecified atom stereocenters. The number of amides is 1. The third-order valence-corrected chi connectivity index (χ3v) is 3.69. The molecule has 1 fully saturated rings. The second-order valence-corrected chi connectivity index (χ2v) is 5.29. The monoisotopic (exact) mass is 335 g/mol. The summed E-state index contributed by atoms with van der Waals surface area (Å²) in [5.74, 6) is 5.08. The molecule has 0 bridgehead atoms. The Balaban J connectivity index is 2.09. The summed E-state index contributed by atoms with van der Waals surface area (Å²) in [4.78, 5) is 15.6. The van der Waals surface area contributed by atoms with Gasteiger partial charge in [-0.2, -0.15) is 13.2 Å². The van der Waals surface area contributed by atoms with Crippen molar-refractivity contribution in [3.05, 3.63) is 34.5 Å². The number of hydrogen-bond acceptors (Lipinski definition) is 3. The van der Waals surface area contributed by atoms with Crippen LogP contribution < -0.4 is 21.2 Å². The zero-order valence-corrected chi connectivity index (χ0v) is 12.3. The fourth-order valence-corrected chi connectivity index (χ4v) is 2.55. The first kappa shape index (κ1) is 16.6. The van der Waals surface area contributed by atoms with Crippen LogP contribution in [0.15, 0.2) is 23.9 Å². The van der Waals surface area contributed by atoms with E-state index in [0.717, 1.165) is 17.8 Å². The summed E-state index contributed by atoms with van der Waals surface area (Å²) in [7, 11) is 0. The number of hydrogen-bond donors (Lipinski definition) is 2. The molecule has 2 heterocycles. The van der Waals surface area contributed by atoms with Gasteiger partial charge in [0.25, 0.3) is 11.7 Å². The second kappa shape index (κ2) is 6.53. The highest BCUT2D eigenvalue weighted by molar-refractivity contribution is 6.32. The quantitative estimate of drug-likeness (QED) is 0.374. The molecule has 1 saturated heterocycles. The lowest BCUT2D eigenvalue weighted by molar-refractivity contribution is -0.367. The van der Waals surface area contributed by atoms with Crippen LogP contribution in [0.25, 0.3) is 0 Å². The summed E-state index contributed by atoms with van der Waals surface area (Å²) in [5.41, 5.74) is 2.13. The van der Waals surface area contributed by atoms with Crippen LogP contribution >= 0.6 is 11.6 Å². The van der Waals surface area contributed by atoms with Gasteiger partial charge in [0, 0.05) is 18.9 Å². The predicted molar refractivity (Wildman–Crippen MR) is 74.9 cm³/mol. The first-order valence-corrected chi connectivity index (χ1v) is 6.92. The summed E-state index contributed by atoms with van der Waals surface area (Å²) in [5, 5.41) is 0.0157. The van der Waals surface area contributed by atoms with Gasteiger partial charge in [-0.15, -0.1) is 0 Å². The molecule has 22 heavy (non-hydrogen) atoms. The lowest BCUT2D eigenvalue weighted by atomic mass is 10.0. The molecule has 1 aromatic heterocycles. The summed E-state index contributed by atoms with van der Waals surface area (Å²) in [6.45, 7) is 1.09. The van der Waals surface area contributed by atoms with Crippen LogP contribution in [0.3, 0.4) is 0 Å². The molecular weight excluding hydrogens is 321 g/mol. The number of carbonyl (C=O) groups is 1. The number of rotatable bonds is 2. The highest BCUT2D eigenvalue weighted by Gasteiger charge is 2.34. The van der Waals surface area contributed by atoms with E-state index >= 15 is 0 Å². The number of pyridine rings is 1. The number of halogens is 4. The summed E-state index contributed by atoms with van der Waals surface area (Å²) < 4.78 is 37.8. The van der Waals surface area contributed by atoms with Gasteiger partial charge in [0.05, 0.1) is 18.7 Å². The van der Waals surface area contributed by atoms with E-state index < -0.39 is 11.7 Å². The van der Waals surface area contributed by atoms with Gasteiger partial charge >= 0.3 is 6.18 Å². The molecule has 0 aliphatic carbocycles. The highest BCUT2D eigenvalue weighted by Crippen LogP contribution is 2.32. The van der Waals surface area contributed by atoms with Crippen molar-refractivity contribution in [1.29, 1.82) is 0 Å². The van der Waals surface area contributed by atoms with Crippen LogP contribution in [0.1, 0.15) is 18.4 Å². The van der Waals surface area contributed by atoms with Crippen LogP contribution in [0.2, 0.25) is 5.02 Å². The fourth-order valence-electron chi connectivity index (χ4n) is 2.26. The minimum atomic E-state index is -4.44. The van der Waals surface area contributed by atoms with E-state index in [4.69, 9.17) is 17.4 Å². The largest absolute Gasteiger partial charge is 0.419 e. The Morgan fingerprint density at radius 1 is 1.41 bits per heavy atom. The van der Waals surface area contributed by atoms with E-state index in [9.17, 15) is 18.0 Å². The minimum Gasteiger partial charge on any atom is -0.291 e. The molecule has 9 heteroatoms. The number of H-pyrrole nitrogens is 1. The van der Waals surface area contributed by atoms with Gasteiger partial charge in [-0.3, -0.25) is 15.1 Å². The molecule has 0 radical (unpaired) electrons. The first-order valence-electron chi connectivity index (χ1n) is 6.54. The van der Waals surface area contributed by atoms with E-state index in [0.29, 0.717) is 31.7 Å². The Hall–Kier alpha value is -1.80. The van der Waals surface area contributed by atoms with E-state index in [2.05, 4.69) is 4.98 Å². The maximum Gasteiger partial charge on any atom is 0.419 e. The zero-order valence-electron chi connectivity index (χ0n) is 11.5. The summed E-state index contributed by atoms with van der Waals surface area (Å²) in [6.07, 6.45) is -0.882. The average molecular weight is 336 g/mol. The Morgan fingerprint density at radius 2 is 2.05 bits per heavy atom. The van der Waals surface area contributed by atoms with Gasteiger partial charge in [0.1, 0.15) is 11.2 Å². The van der Waals surface area contributed by atoms with Crippen LogP contribution in [0, 0.1) is 0 Å². The van der Waals surface area contributed by atoms with Gasteiger partial charge in [-0.1, -0.05) is 17.2 Å². The fraction of sp³-hybridized carbons (Fsp3) is 0.385. The lowest BCUT2D eigenvalue weighted by Gasteiger charge is -2.24. The Morgan fingerprint density at radius 3 is 2.55 bits per heavy atom. The third-order valence-electron chi connectivity index (χ3n) is 3.40. The molecule has 1 aromatic rings. The van der Waals surface area contributed by atoms with Gasteiger partial charge in [0.2, 0.25) is 0 Å². The van der Waals surface area contributed by atoms with Gasteiger partial charge in [-0.05, 0) is 6.07 Å². The molecule has 0 spiro atoms. The van der Waals surface area contributed by atoms with Crippen molar-refractivity contribution in [2.75, 3.05) is 18.0 Å². The van der Waals surface area contributed by atoms with Crippen molar-refractivity contribution in [3.63, 3.8) is 0 Å². The highest BCUT2D eigenvalue weighted by atomic mass is 35.5. The number of hydrazine groups is 1. The molecule has 0 atom stereocenters. The molecule has 4 N–H and O–H groups in total. The SMILES string of the molecule is NNC(=O)C=C1CCN(c2[nH+]cc(C(F)(F)F)cc2Cl)CC1. The van der Waals surface area contributed by atoms with Gasteiger partial charge in [-0.25, -0.2) is 10.8 Å². The van der Waals surface area contributed by atoms with Gasteiger partial charge in [0.15, 0.2) is 0 Å². The second-order valence-electron chi connectivity index (χ2n) is 4.88. The molecule has 0 saturated carbocycles. The maximum absolute atomic E-state index is 12.6. The number of nitrogens with zero attached hydrogens (tertiary/aromatic N) is 1. The third kappa shape index (κ3) is 3.89. The van der Waals surface area contributed by atoms with Crippen molar-refractivity contribution < 1.29 is 22.9 Å².